The third-order valence-corrected chi connectivity index (χ3v) is 6.12. The molecule has 0 radical (unpaired) electrons. The van der Waals surface area contributed by atoms with Gasteiger partial charge in [0.05, 0.1) is 19.3 Å². The molecule has 1 aromatic rings. The van der Waals surface area contributed by atoms with Crippen molar-refractivity contribution in [1.29, 1.82) is 0 Å². The molecular formula is C17H24N2O5S. The van der Waals surface area contributed by atoms with Gasteiger partial charge >= 0.3 is 0 Å². The van der Waals surface area contributed by atoms with Gasteiger partial charge in [-0.15, -0.1) is 0 Å². The van der Waals surface area contributed by atoms with Crippen LogP contribution in [-0.2, 0) is 21.2 Å². The van der Waals surface area contributed by atoms with E-state index in [-0.39, 0.29) is 17.9 Å². The number of hydrogen-bond donors (Lipinski definition) is 1. The second-order valence-corrected chi connectivity index (χ2v) is 8.59. The highest BCUT2D eigenvalue weighted by Crippen LogP contribution is 2.36. The first kappa shape index (κ1) is 18.0. The summed E-state index contributed by atoms with van der Waals surface area (Å²) in [5, 5.41) is 3.05. The largest absolute Gasteiger partial charge is 0.493 e. The predicted molar refractivity (Wildman–Crippen MR) is 93.3 cm³/mol. The van der Waals surface area contributed by atoms with Crippen LogP contribution >= 0.6 is 0 Å². The molecule has 8 heteroatoms. The molecule has 1 N–H and O–H groups in total. The summed E-state index contributed by atoms with van der Waals surface area (Å²) < 4.78 is 35.6. The standard InChI is InChI=1S/C17H24N2O5S/c1-23-15-5-3-4-12-10-13(11-24-16(12)15)17(20)18-14-6-8-19(9-7-14)25(2,21)22/h3-5,13-14H,6-11H2,1-2H3,(H,18,20)/t13-/m0/s1. The first-order valence-corrected chi connectivity index (χ1v) is 10.3. The topological polar surface area (TPSA) is 84.9 Å². The van der Waals surface area contributed by atoms with Gasteiger partial charge in [0, 0.05) is 19.1 Å². The molecule has 1 amide bonds. The zero-order chi connectivity index (χ0) is 18.0. The molecule has 1 atom stereocenters. The van der Waals surface area contributed by atoms with Gasteiger partial charge in [-0.3, -0.25) is 4.79 Å². The number of ether oxygens (including phenoxy) is 2. The summed E-state index contributed by atoms with van der Waals surface area (Å²) in [4.78, 5) is 12.6. The van der Waals surface area contributed by atoms with Crippen LogP contribution in [0.4, 0.5) is 0 Å². The number of amides is 1. The number of benzene rings is 1. The van der Waals surface area contributed by atoms with Crippen LogP contribution in [0.2, 0.25) is 0 Å². The van der Waals surface area contributed by atoms with Gasteiger partial charge in [-0.2, -0.15) is 0 Å². The lowest BCUT2D eigenvalue weighted by atomic mass is 9.95. The molecule has 0 spiro atoms. The Hall–Kier alpha value is -1.80. The maximum absolute atomic E-state index is 12.6. The maximum atomic E-state index is 12.6. The Morgan fingerprint density at radius 1 is 1.32 bits per heavy atom. The molecule has 0 unspecified atom stereocenters. The zero-order valence-corrected chi connectivity index (χ0v) is 15.3. The first-order chi connectivity index (χ1) is 11.9. The zero-order valence-electron chi connectivity index (χ0n) is 14.5. The minimum atomic E-state index is -3.15. The summed E-state index contributed by atoms with van der Waals surface area (Å²) >= 11 is 0. The Morgan fingerprint density at radius 3 is 2.68 bits per heavy atom. The Bertz CT molecular complexity index is 741. The quantitative estimate of drug-likeness (QED) is 0.849. The summed E-state index contributed by atoms with van der Waals surface area (Å²) in [6, 6.07) is 5.69. The minimum absolute atomic E-state index is 0.0113. The number of carbonyl (C=O) groups excluding carboxylic acids is 1. The Labute approximate surface area is 148 Å². The summed E-state index contributed by atoms with van der Waals surface area (Å²) in [5.41, 5.74) is 0.970. The van der Waals surface area contributed by atoms with E-state index in [9.17, 15) is 13.2 Å². The molecule has 2 heterocycles. The number of para-hydroxylation sites is 1. The number of nitrogens with zero attached hydrogens (tertiary/aromatic N) is 1. The lowest BCUT2D eigenvalue weighted by molar-refractivity contribution is -0.127. The summed E-state index contributed by atoms with van der Waals surface area (Å²) in [6.45, 7) is 1.22. The number of fused-ring (bicyclic) bond motifs is 1. The molecule has 25 heavy (non-hydrogen) atoms. The van der Waals surface area contributed by atoms with Gasteiger partial charge in [-0.25, -0.2) is 12.7 Å². The number of nitrogens with one attached hydrogen (secondary N) is 1. The van der Waals surface area contributed by atoms with E-state index in [1.54, 1.807) is 7.11 Å². The van der Waals surface area contributed by atoms with Crippen molar-refractivity contribution in [2.75, 3.05) is 33.1 Å². The second kappa shape index (κ2) is 7.21. The Balaban J connectivity index is 1.56. The average molecular weight is 368 g/mol. The van der Waals surface area contributed by atoms with Crippen molar-refractivity contribution in [3.8, 4) is 11.5 Å². The van der Waals surface area contributed by atoms with E-state index in [1.807, 2.05) is 18.2 Å². The molecule has 0 aromatic heterocycles. The van der Waals surface area contributed by atoms with Crippen molar-refractivity contribution < 1.29 is 22.7 Å². The molecule has 3 rings (SSSR count). The summed E-state index contributed by atoms with van der Waals surface area (Å²) in [7, 11) is -1.55. The highest BCUT2D eigenvalue weighted by atomic mass is 32.2. The first-order valence-electron chi connectivity index (χ1n) is 8.42. The van der Waals surface area contributed by atoms with E-state index in [2.05, 4.69) is 5.32 Å². The monoisotopic (exact) mass is 368 g/mol. The van der Waals surface area contributed by atoms with Crippen LogP contribution in [0.5, 0.6) is 11.5 Å². The van der Waals surface area contributed by atoms with Crippen molar-refractivity contribution in [2.24, 2.45) is 5.92 Å². The van der Waals surface area contributed by atoms with Crippen LogP contribution in [0.25, 0.3) is 0 Å². The molecule has 7 nitrogen and oxygen atoms in total. The van der Waals surface area contributed by atoms with Crippen molar-refractivity contribution in [3.05, 3.63) is 23.8 Å². The molecule has 1 saturated heterocycles. The molecule has 0 saturated carbocycles. The lowest BCUT2D eigenvalue weighted by Crippen LogP contribution is -2.48. The van der Waals surface area contributed by atoms with Gasteiger partial charge in [0.2, 0.25) is 15.9 Å². The predicted octanol–water partition coefficient (Wildman–Crippen LogP) is 0.786. The third-order valence-electron chi connectivity index (χ3n) is 4.82. The van der Waals surface area contributed by atoms with Gasteiger partial charge in [0.15, 0.2) is 11.5 Å². The number of piperidine rings is 1. The molecule has 2 aliphatic heterocycles. The molecule has 1 fully saturated rings. The third kappa shape index (κ3) is 4.07. The van der Waals surface area contributed by atoms with Crippen molar-refractivity contribution in [1.82, 2.24) is 9.62 Å². The molecule has 138 valence electrons. The van der Waals surface area contributed by atoms with Crippen LogP contribution in [0.1, 0.15) is 18.4 Å². The van der Waals surface area contributed by atoms with E-state index < -0.39 is 10.0 Å². The smallest absolute Gasteiger partial charge is 0.227 e. The van der Waals surface area contributed by atoms with Gasteiger partial charge in [0.1, 0.15) is 6.61 Å². The molecule has 1 aromatic carbocycles. The summed E-state index contributed by atoms with van der Waals surface area (Å²) in [5.74, 6) is 1.12. The van der Waals surface area contributed by atoms with Crippen LogP contribution in [0, 0.1) is 5.92 Å². The van der Waals surface area contributed by atoms with E-state index in [4.69, 9.17) is 9.47 Å². The van der Waals surface area contributed by atoms with Gasteiger partial charge < -0.3 is 14.8 Å². The van der Waals surface area contributed by atoms with E-state index in [0.29, 0.717) is 44.7 Å². The second-order valence-electron chi connectivity index (χ2n) is 6.61. The summed E-state index contributed by atoms with van der Waals surface area (Å²) in [6.07, 6.45) is 3.10. The minimum Gasteiger partial charge on any atom is -0.493 e. The molecular weight excluding hydrogens is 344 g/mol. The number of rotatable bonds is 4. The number of sulfonamides is 1. The number of carbonyl (C=O) groups is 1. The maximum Gasteiger partial charge on any atom is 0.227 e. The number of hydrogen-bond acceptors (Lipinski definition) is 5. The Kier molecular flexibility index (Phi) is 5.19. The highest BCUT2D eigenvalue weighted by molar-refractivity contribution is 7.88. The van der Waals surface area contributed by atoms with Crippen LogP contribution in [0.3, 0.4) is 0 Å². The van der Waals surface area contributed by atoms with E-state index >= 15 is 0 Å². The SMILES string of the molecule is COc1cccc2c1OC[C@@H](C(=O)NC1CCN(S(C)(=O)=O)CC1)C2. The van der Waals surface area contributed by atoms with Crippen LogP contribution < -0.4 is 14.8 Å². The van der Waals surface area contributed by atoms with Crippen molar-refractivity contribution >= 4 is 15.9 Å². The van der Waals surface area contributed by atoms with Crippen LogP contribution in [0.15, 0.2) is 18.2 Å². The lowest BCUT2D eigenvalue weighted by Gasteiger charge is -2.32. The molecule has 2 aliphatic rings. The number of methoxy groups -OCH3 is 1. The Morgan fingerprint density at radius 2 is 2.04 bits per heavy atom. The molecule has 0 aliphatic carbocycles. The van der Waals surface area contributed by atoms with E-state index in [0.717, 1.165) is 11.3 Å². The highest BCUT2D eigenvalue weighted by Gasteiger charge is 2.31. The van der Waals surface area contributed by atoms with Gasteiger partial charge in [-0.05, 0) is 30.9 Å². The van der Waals surface area contributed by atoms with E-state index in [1.165, 1.54) is 10.6 Å². The van der Waals surface area contributed by atoms with Gasteiger partial charge in [-0.1, -0.05) is 12.1 Å². The molecule has 0 bridgehead atoms. The normalized spacial score (nSPS) is 21.9. The fourth-order valence-electron chi connectivity index (χ4n) is 3.37. The van der Waals surface area contributed by atoms with Crippen LogP contribution in [-0.4, -0.2) is 57.7 Å². The average Bonchev–Trinajstić information content (AvgIpc) is 2.60. The van der Waals surface area contributed by atoms with Crippen molar-refractivity contribution in [3.63, 3.8) is 0 Å². The van der Waals surface area contributed by atoms with Crippen molar-refractivity contribution in [2.45, 2.75) is 25.3 Å². The van der Waals surface area contributed by atoms with Gasteiger partial charge in [0.25, 0.3) is 0 Å². The fraction of sp³-hybridized carbons (Fsp3) is 0.588. The fourth-order valence-corrected chi connectivity index (χ4v) is 4.25.